The van der Waals surface area contributed by atoms with Crippen LogP contribution < -0.4 is 16.6 Å². The lowest BCUT2D eigenvalue weighted by Crippen LogP contribution is -2.41. The molecular formula is C22H28N4O4. The molecule has 1 N–H and O–H groups in total. The van der Waals surface area contributed by atoms with E-state index in [4.69, 9.17) is 0 Å². The van der Waals surface area contributed by atoms with E-state index in [2.05, 4.69) is 10.3 Å². The zero-order valence-corrected chi connectivity index (χ0v) is 17.5. The molecule has 2 aliphatic rings. The van der Waals surface area contributed by atoms with Gasteiger partial charge in [0.2, 0.25) is 5.91 Å². The molecule has 0 bridgehead atoms. The number of hydrogen-bond donors (Lipinski definition) is 1. The summed E-state index contributed by atoms with van der Waals surface area (Å²) >= 11 is 0. The Morgan fingerprint density at radius 3 is 2.33 bits per heavy atom. The van der Waals surface area contributed by atoms with E-state index in [0.29, 0.717) is 48.1 Å². The van der Waals surface area contributed by atoms with Crippen LogP contribution in [0.2, 0.25) is 0 Å². The fraction of sp³-hybridized carbons (Fsp3) is 0.591. The van der Waals surface area contributed by atoms with Gasteiger partial charge in [-0.25, -0.2) is 9.78 Å². The van der Waals surface area contributed by atoms with Gasteiger partial charge in [-0.3, -0.25) is 18.7 Å². The minimum Gasteiger partial charge on any atom is -0.325 e. The summed E-state index contributed by atoms with van der Waals surface area (Å²) in [4.78, 5) is 54.0. The number of carbonyl (C=O) groups excluding carboxylic acids is 2. The molecule has 2 aromatic heterocycles. The Labute approximate surface area is 174 Å². The van der Waals surface area contributed by atoms with Crippen molar-refractivity contribution in [1.82, 2.24) is 14.1 Å². The second kappa shape index (κ2) is 8.16. The topological polar surface area (TPSA) is 103 Å². The zero-order chi connectivity index (χ0) is 21.4. The van der Waals surface area contributed by atoms with Crippen LogP contribution in [0.15, 0.2) is 21.9 Å². The molecule has 0 saturated heterocycles. The lowest BCUT2D eigenvalue weighted by atomic mass is 10.0. The Hall–Kier alpha value is -2.77. The molecule has 0 aromatic carbocycles. The Balaban J connectivity index is 1.65. The molecule has 2 aliphatic carbocycles. The first-order chi connectivity index (χ1) is 14.3. The molecule has 8 heteroatoms. The minimum atomic E-state index is -0.345. The molecule has 0 radical (unpaired) electrons. The third kappa shape index (κ3) is 4.68. The van der Waals surface area contributed by atoms with E-state index in [0.717, 1.165) is 25.7 Å². The van der Waals surface area contributed by atoms with E-state index >= 15 is 0 Å². The van der Waals surface area contributed by atoms with Crippen molar-refractivity contribution < 1.29 is 9.59 Å². The van der Waals surface area contributed by atoms with Crippen LogP contribution in [0.1, 0.15) is 52.4 Å². The number of anilines is 1. The smallest absolute Gasteiger partial charge is 0.325 e. The number of nitrogens with zero attached hydrogens (tertiary/aromatic N) is 3. The van der Waals surface area contributed by atoms with Crippen molar-refractivity contribution in [1.29, 1.82) is 0 Å². The highest BCUT2D eigenvalue weighted by molar-refractivity contribution is 5.93. The van der Waals surface area contributed by atoms with Gasteiger partial charge in [0.15, 0.2) is 0 Å². The first kappa shape index (κ1) is 20.5. The van der Waals surface area contributed by atoms with Gasteiger partial charge >= 0.3 is 5.69 Å². The number of ketones is 1. The Morgan fingerprint density at radius 1 is 1.10 bits per heavy atom. The largest absolute Gasteiger partial charge is 0.332 e. The third-order valence-corrected chi connectivity index (χ3v) is 5.79. The standard InChI is InChI=1S/C22H28N4O4/c1-13(7-14(2)27)8-19(28)24-17-9-18-20(23-10-17)25(11-15-3-4-15)22(30)26(21(18)29)12-16-5-6-16/h9-10,13,15-16H,3-8,11-12H2,1-2H3,(H,24,28). The summed E-state index contributed by atoms with van der Waals surface area (Å²) in [5.74, 6) is 0.611. The fourth-order valence-corrected chi connectivity index (χ4v) is 3.90. The predicted octanol–water partition coefficient (Wildman–Crippen LogP) is 2.32. The average Bonchev–Trinajstić information content (AvgIpc) is 3.57. The predicted molar refractivity (Wildman–Crippen MR) is 113 cm³/mol. The number of pyridine rings is 1. The quantitative estimate of drug-likeness (QED) is 0.681. The SMILES string of the molecule is CC(=O)CC(C)CC(=O)Nc1cnc2c(c1)c(=O)n(CC1CC1)c(=O)n2CC1CC1. The van der Waals surface area contributed by atoms with Crippen molar-refractivity contribution in [3.63, 3.8) is 0 Å². The maximum absolute atomic E-state index is 13.1. The van der Waals surface area contributed by atoms with Gasteiger partial charge in [0.1, 0.15) is 11.4 Å². The molecule has 160 valence electrons. The number of rotatable bonds is 9. The molecule has 2 fully saturated rings. The van der Waals surface area contributed by atoms with Gasteiger partial charge in [0.25, 0.3) is 5.56 Å². The summed E-state index contributed by atoms with van der Waals surface area (Å²) < 4.78 is 2.96. The summed E-state index contributed by atoms with van der Waals surface area (Å²) in [6.45, 7) is 4.38. The van der Waals surface area contributed by atoms with E-state index < -0.39 is 0 Å². The van der Waals surface area contributed by atoms with Gasteiger partial charge in [-0.05, 0) is 56.4 Å². The third-order valence-electron chi connectivity index (χ3n) is 5.79. The Kier molecular flexibility index (Phi) is 5.58. The second-order valence-electron chi connectivity index (χ2n) is 9.05. The van der Waals surface area contributed by atoms with Gasteiger partial charge < -0.3 is 10.1 Å². The fourth-order valence-electron chi connectivity index (χ4n) is 3.90. The van der Waals surface area contributed by atoms with Crippen LogP contribution in [0.5, 0.6) is 0 Å². The highest BCUT2D eigenvalue weighted by atomic mass is 16.2. The lowest BCUT2D eigenvalue weighted by molar-refractivity contribution is -0.119. The van der Waals surface area contributed by atoms with Crippen molar-refractivity contribution in [2.45, 2.75) is 65.5 Å². The van der Waals surface area contributed by atoms with Gasteiger partial charge in [0, 0.05) is 25.9 Å². The highest BCUT2D eigenvalue weighted by Gasteiger charge is 2.28. The molecule has 2 heterocycles. The molecule has 2 saturated carbocycles. The van der Waals surface area contributed by atoms with Crippen molar-refractivity contribution in [2.75, 3.05) is 5.32 Å². The van der Waals surface area contributed by atoms with Crippen molar-refractivity contribution in [2.24, 2.45) is 17.8 Å². The summed E-state index contributed by atoms with van der Waals surface area (Å²) in [5.41, 5.74) is 0.178. The van der Waals surface area contributed by atoms with Crippen LogP contribution in [-0.2, 0) is 22.7 Å². The molecule has 0 spiro atoms. The second-order valence-corrected chi connectivity index (χ2v) is 9.05. The van der Waals surface area contributed by atoms with Gasteiger partial charge in [0.05, 0.1) is 17.3 Å². The maximum atomic E-state index is 13.1. The van der Waals surface area contributed by atoms with Crippen molar-refractivity contribution in [3.8, 4) is 0 Å². The first-order valence-corrected chi connectivity index (χ1v) is 10.7. The van der Waals surface area contributed by atoms with Crippen LogP contribution in [0.25, 0.3) is 11.0 Å². The monoisotopic (exact) mass is 412 g/mol. The molecule has 1 atom stereocenters. The first-order valence-electron chi connectivity index (χ1n) is 10.7. The van der Waals surface area contributed by atoms with E-state index in [1.54, 1.807) is 10.6 Å². The number of amides is 1. The van der Waals surface area contributed by atoms with E-state index in [-0.39, 0.29) is 35.3 Å². The minimum absolute atomic E-state index is 0.0486. The summed E-state index contributed by atoms with van der Waals surface area (Å²) in [5, 5.41) is 3.13. The van der Waals surface area contributed by atoms with Gasteiger partial charge in [-0.1, -0.05) is 6.92 Å². The van der Waals surface area contributed by atoms with E-state index in [1.165, 1.54) is 17.7 Å². The number of nitrogens with one attached hydrogen (secondary N) is 1. The number of Topliss-reactive ketones (excluding diaryl/α,β-unsaturated/α-hetero) is 1. The molecule has 0 aliphatic heterocycles. The molecule has 2 aromatic rings. The Bertz CT molecular complexity index is 1110. The number of hydrogen-bond acceptors (Lipinski definition) is 5. The van der Waals surface area contributed by atoms with Crippen LogP contribution in [0.4, 0.5) is 5.69 Å². The molecule has 4 rings (SSSR count). The summed E-state index contributed by atoms with van der Waals surface area (Å²) in [7, 11) is 0. The number of aromatic nitrogens is 3. The summed E-state index contributed by atoms with van der Waals surface area (Å²) in [6.07, 6.45) is 6.31. The van der Waals surface area contributed by atoms with Crippen LogP contribution >= 0.6 is 0 Å². The number of fused-ring (bicyclic) bond motifs is 1. The Morgan fingerprint density at radius 2 is 1.73 bits per heavy atom. The molecule has 8 nitrogen and oxygen atoms in total. The van der Waals surface area contributed by atoms with Crippen molar-refractivity contribution in [3.05, 3.63) is 33.1 Å². The summed E-state index contributed by atoms with van der Waals surface area (Å²) in [6, 6.07) is 1.62. The molecular weight excluding hydrogens is 384 g/mol. The maximum Gasteiger partial charge on any atom is 0.332 e. The normalized spacial score (nSPS) is 17.1. The average molecular weight is 412 g/mol. The van der Waals surface area contributed by atoms with E-state index in [9.17, 15) is 19.2 Å². The van der Waals surface area contributed by atoms with Crippen LogP contribution in [0, 0.1) is 17.8 Å². The van der Waals surface area contributed by atoms with Gasteiger partial charge in [-0.15, -0.1) is 0 Å². The van der Waals surface area contributed by atoms with Crippen molar-refractivity contribution >= 4 is 28.4 Å². The van der Waals surface area contributed by atoms with Crippen LogP contribution in [-0.4, -0.2) is 25.8 Å². The van der Waals surface area contributed by atoms with Gasteiger partial charge in [-0.2, -0.15) is 0 Å². The lowest BCUT2D eigenvalue weighted by Gasteiger charge is -2.14. The molecule has 1 unspecified atom stereocenters. The zero-order valence-electron chi connectivity index (χ0n) is 17.5. The molecule has 1 amide bonds. The molecule has 30 heavy (non-hydrogen) atoms. The van der Waals surface area contributed by atoms with E-state index in [1.807, 2.05) is 6.92 Å². The number of carbonyl (C=O) groups is 2. The highest BCUT2D eigenvalue weighted by Crippen LogP contribution is 2.31. The van der Waals surface area contributed by atoms with Crippen LogP contribution in [0.3, 0.4) is 0 Å².